The number of benzene rings is 2. The Morgan fingerprint density at radius 2 is 1.53 bits per heavy atom. The SMILES string of the molecule is C[C@H](NCC(=O)N1CCN(CC(=O)N2CCCC2)CC1)c1ccc2ccccc2c1. The van der Waals surface area contributed by atoms with Gasteiger partial charge in [0, 0.05) is 45.3 Å². The van der Waals surface area contributed by atoms with Gasteiger partial charge < -0.3 is 15.1 Å². The highest BCUT2D eigenvalue weighted by molar-refractivity contribution is 5.83. The van der Waals surface area contributed by atoms with Gasteiger partial charge in [0.2, 0.25) is 11.8 Å². The van der Waals surface area contributed by atoms with Gasteiger partial charge in [0.15, 0.2) is 0 Å². The van der Waals surface area contributed by atoms with E-state index in [4.69, 9.17) is 0 Å². The van der Waals surface area contributed by atoms with Crippen LogP contribution in [0.1, 0.15) is 31.4 Å². The molecule has 30 heavy (non-hydrogen) atoms. The van der Waals surface area contributed by atoms with E-state index < -0.39 is 0 Å². The number of piperazine rings is 1. The maximum Gasteiger partial charge on any atom is 0.236 e. The van der Waals surface area contributed by atoms with E-state index in [1.165, 1.54) is 16.3 Å². The Bertz CT molecular complexity index is 886. The van der Waals surface area contributed by atoms with Crippen molar-refractivity contribution in [2.24, 2.45) is 0 Å². The summed E-state index contributed by atoms with van der Waals surface area (Å²) in [5.41, 5.74) is 1.19. The molecule has 1 atom stereocenters. The molecule has 1 N–H and O–H groups in total. The molecular formula is C24H32N4O2. The van der Waals surface area contributed by atoms with Crippen molar-refractivity contribution in [2.45, 2.75) is 25.8 Å². The van der Waals surface area contributed by atoms with Gasteiger partial charge in [0.1, 0.15) is 0 Å². The van der Waals surface area contributed by atoms with Gasteiger partial charge in [0.05, 0.1) is 13.1 Å². The molecule has 6 nitrogen and oxygen atoms in total. The van der Waals surface area contributed by atoms with Gasteiger partial charge in [-0.1, -0.05) is 36.4 Å². The number of amides is 2. The summed E-state index contributed by atoms with van der Waals surface area (Å²) < 4.78 is 0. The van der Waals surface area contributed by atoms with Gasteiger partial charge >= 0.3 is 0 Å². The van der Waals surface area contributed by atoms with Gasteiger partial charge in [-0.15, -0.1) is 0 Å². The molecule has 2 aromatic rings. The standard InChI is InChI=1S/C24H32N4O2/c1-19(21-9-8-20-6-2-3-7-22(20)16-21)25-17-23(29)28-14-12-26(13-15-28)18-24(30)27-10-4-5-11-27/h2-3,6-9,16,19,25H,4-5,10-15,17-18H2,1H3/t19-/m0/s1. The fourth-order valence-corrected chi connectivity index (χ4v) is 4.36. The molecule has 0 saturated carbocycles. The second-order valence-corrected chi connectivity index (χ2v) is 8.45. The Morgan fingerprint density at radius 1 is 0.867 bits per heavy atom. The lowest BCUT2D eigenvalue weighted by Crippen LogP contribution is -2.52. The van der Waals surface area contributed by atoms with Crippen molar-refractivity contribution < 1.29 is 9.59 Å². The van der Waals surface area contributed by atoms with E-state index in [0.717, 1.165) is 39.0 Å². The summed E-state index contributed by atoms with van der Waals surface area (Å²) in [6, 6.07) is 14.9. The third kappa shape index (κ3) is 4.99. The van der Waals surface area contributed by atoms with Crippen LogP contribution in [0, 0.1) is 0 Å². The number of nitrogens with one attached hydrogen (secondary N) is 1. The van der Waals surface area contributed by atoms with E-state index in [0.29, 0.717) is 26.2 Å². The number of fused-ring (bicyclic) bond motifs is 1. The molecule has 2 heterocycles. The Balaban J connectivity index is 1.22. The van der Waals surface area contributed by atoms with Crippen LogP contribution in [0.3, 0.4) is 0 Å². The van der Waals surface area contributed by atoms with Crippen molar-refractivity contribution in [3.8, 4) is 0 Å². The molecule has 160 valence electrons. The Labute approximate surface area is 178 Å². The molecule has 6 heteroatoms. The molecule has 4 rings (SSSR count). The Morgan fingerprint density at radius 3 is 2.27 bits per heavy atom. The molecule has 2 aliphatic rings. The summed E-state index contributed by atoms with van der Waals surface area (Å²) in [5.74, 6) is 0.367. The highest BCUT2D eigenvalue weighted by Crippen LogP contribution is 2.20. The molecule has 2 aromatic carbocycles. The van der Waals surface area contributed by atoms with Crippen LogP contribution in [0.15, 0.2) is 42.5 Å². The molecule has 2 amide bonds. The molecular weight excluding hydrogens is 376 g/mol. The summed E-state index contributed by atoms with van der Waals surface area (Å²) in [6.07, 6.45) is 2.25. The second-order valence-electron chi connectivity index (χ2n) is 8.45. The largest absolute Gasteiger partial charge is 0.342 e. The van der Waals surface area contributed by atoms with Crippen LogP contribution in [-0.2, 0) is 9.59 Å². The molecule has 2 aliphatic heterocycles. The van der Waals surface area contributed by atoms with Crippen LogP contribution in [0.2, 0.25) is 0 Å². The van der Waals surface area contributed by atoms with Gasteiger partial charge in [-0.05, 0) is 42.2 Å². The lowest BCUT2D eigenvalue weighted by Gasteiger charge is -2.35. The van der Waals surface area contributed by atoms with Crippen LogP contribution < -0.4 is 5.32 Å². The summed E-state index contributed by atoms with van der Waals surface area (Å²) in [7, 11) is 0. The van der Waals surface area contributed by atoms with Gasteiger partial charge in [-0.25, -0.2) is 0 Å². The average Bonchev–Trinajstić information content (AvgIpc) is 3.32. The number of hydrogen-bond acceptors (Lipinski definition) is 4. The summed E-state index contributed by atoms with van der Waals surface area (Å²) in [5, 5.41) is 5.82. The highest BCUT2D eigenvalue weighted by atomic mass is 16.2. The van der Waals surface area contributed by atoms with Crippen LogP contribution in [0.25, 0.3) is 10.8 Å². The van der Waals surface area contributed by atoms with Crippen LogP contribution >= 0.6 is 0 Å². The van der Waals surface area contributed by atoms with Crippen LogP contribution in [-0.4, -0.2) is 78.9 Å². The van der Waals surface area contributed by atoms with E-state index in [-0.39, 0.29) is 17.9 Å². The van der Waals surface area contributed by atoms with Crippen molar-refractivity contribution in [1.29, 1.82) is 0 Å². The normalized spacial score (nSPS) is 18.7. The topological polar surface area (TPSA) is 55.9 Å². The summed E-state index contributed by atoms with van der Waals surface area (Å²) in [4.78, 5) is 31.0. The van der Waals surface area contributed by atoms with E-state index in [1.54, 1.807) is 0 Å². The third-order valence-corrected chi connectivity index (χ3v) is 6.38. The molecule has 0 radical (unpaired) electrons. The van der Waals surface area contributed by atoms with Gasteiger partial charge in [0.25, 0.3) is 0 Å². The lowest BCUT2D eigenvalue weighted by atomic mass is 10.0. The van der Waals surface area contributed by atoms with E-state index in [1.807, 2.05) is 21.9 Å². The highest BCUT2D eigenvalue weighted by Gasteiger charge is 2.25. The van der Waals surface area contributed by atoms with Crippen molar-refractivity contribution >= 4 is 22.6 Å². The number of nitrogens with zero attached hydrogens (tertiary/aromatic N) is 3. The zero-order chi connectivity index (χ0) is 20.9. The molecule has 0 aliphatic carbocycles. The van der Waals surface area contributed by atoms with Crippen molar-refractivity contribution in [1.82, 2.24) is 20.0 Å². The fourth-order valence-electron chi connectivity index (χ4n) is 4.36. The molecule has 0 bridgehead atoms. The van der Waals surface area contributed by atoms with Crippen LogP contribution in [0.5, 0.6) is 0 Å². The minimum atomic E-state index is 0.109. The van der Waals surface area contributed by atoms with Crippen LogP contribution in [0.4, 0.5) is 0 Å². The number of likely N-dealkylation sites (tertiary alicyclic amines) is 1. The average molecular weight is 409 g/mol. The van der Waals surface area contributed by atoms with E-state index >= 15 is 0 Å². The van der Waals surface area contributed by atoms with Crippen molar-refractivity contribution in [3.05, 3.63) is 48.0 Å². The first-order valence-corrected chi connectivity index (χ1v) is 11.1. The number of rotatable bonds is 6. The zero-order valence-corrected chi connectivity index (χ0v) is 17.8. The Hall–Kier alpha value is -2.44. The molecule has 0 aromatic heterocycles. The monoisotopic (exact) mass is 408 g/mol. The first-order chi connectivity index (χ1) is 14.6. The maximum atomic E-state index is 12.7. The third-order valence-electron chi connectivity index (χ3n) is 6.38. The lowest BCUT2D eigenvalue weighted by molar-refractivity contribution is -0.134. The van der Waals surface area contributed by atoms with Crippen molar-refractivity contribution in [3.63, 3.8) is 0 Å². The van der Waals surface area contributed by atoms with E-state index in [9.17, 15) is 9.59 Å². The van der Waals surface area contributed by atoms with Crippen molar-refractivity contribution in [2.75, 3.05) is 52.4 Å². The maximum absolute atomic E-state index is 12.7. The molecule has 0 unspecified atom stereocenters. The minimum absolute atomic E-state index is 0.109. The second kappa shape index (κ2) is 9.58. The number of carbonyl (C=O) groups excluding carboxylic acids is 2. The van der Waals surface area contributed by atoms with Gasteiger partial charge in [-0.2, -0.15) is 0 Å². The quantitative estimate of drug-likeness (QED) is 0.797. The zero-order valence-electron chi connectivity index (χ0n) is 17.8. The van der Waals surface area contributed by atoms with E-state index in [2.05, 4.69) is 47.5 Å². The smallest absolute Gasteiger partial charge is 0.236 e. The summed E-state index contributed by atoms with van der Waals surface area (Å²) >= 11 is 0. The van der Waals surface area contributed by atoms with Gasteiger partial charge in [-0.3, -0.25) is 14.5 Å². The summed E-state index contributed by atoms with van der Waals surface area (Å²) in [6.45, 7) is 7.64. The minimum Gasteiger partial charge on any atom is -0.342 e. The predicted octanol–water partition coefficient (Wildman–Crippen LogP) is 2.26. The first kappa shape index (κ1) is 20.8. The predicted molar refractivity (Wildman–Crippen MR) is 119 cm³/mol. The molecule has 2 fully saturated rings. The first-order valence-electron chi connectivity index (χ1n) is 11.1. The number of hydrogen-bond donors (Lipinski definition) is 1. The molecule has 0 spiro atoms. The Kier molecular flexibility index (Phi) is 6.65. The fraction of sp³-hybridized carbons (Fsp3) is 0.500. The number of carbonyl (C=O) groups is 2. The molecule has 2 saturated heterocycles.